The van der Waals surface area contributed by atoms with Crippen LogP contribution in [0, 0.1) is 5.92 Å². The smallest absolute Gasteiger partial charge is 0.354 e. The minimum Gasteiger partial charge on any atom is -0.460 e. The van der Waals surface area contributed by atoms with Crippen LogP contribution in [-0.2, 0) is 9.53 Å². The van der Waals surface area contributed by atoms with Crippen LogP contribution in [0.15, 0.2) is 78.5 Å². The van der Waals surface area contributed by atoms with Crippen LogP contribution in [0.4, 0.5) is 0 Å². The van der Waals surface area contributed by atoms with Crippen molar-refractivity contribution >= 4 is 11.5 Å². The van der Waals surface area contributed by atoms with Crippen molar-refractivity contribution in [3.05, 3.63) is 89.6 Å². The number of hydrogen-bond acceptors (Lipinski definition) is 3. The van der Waals surface area contributed by atoms with Gasteiger partial charge in [-0.25, -0.2) is 4.79 Å². The van der Waals surface area contributed by atoms with Gasteiger partial charge in [0.1, 0.15) is 5.70 Å². The van der Waals surface area contributed by atoms with Gasteiger partial charge in [0.15, 0.2) is 0 Å². The van der Waals surface area contributed by atoms with E-state index < -0.39 is 5.97 Å². The molecule has 0 saturated heterocycles. The van der Waals surface area contributed by atoms with Crippen molar-refractivity contribution in [2.75, 3.05) is 6.61 Å². The second-order valence-electron chi connectivity index (χ2n) is 6.12. The van der Waals surface area contributed by atoms with Gasteiger partial charge in [0, 0.05) is 11.5 Å². The average Bonchev–Trinajstić information content (AvgIpc) is 2.69. The predicted molar refractivity (Wildman–Crippen MR) is 107 cm³/mol. The zero-order valence-electron chi connectivity index (χ0n) is 15.5. The maximum absolute atomic E-state index is 12.6. The van der Waals surface area contributed by atoms with E-state index in [-0.39, 0.29) is 11.6 Å². The van der Waals surface area contributed by atoms with Gasteiger partial charge >= 0.3 is 5.97 Å². The van der Waals surface area contributed by atoms with E-state index in [1.165, 1.54) is 0 Å². The number of rotatable bonds is 8. The SMILES string of the molecule is CC/C=C/C(CC)COC(=O)C(N)=C(c1ccccc1)c1ccccc1. The van der Waals surface area contributed by atoms with Crippen molar-refractivity contribution in [3.63, 3.8) is 0 Å². The Morgan fingerprint density at radius 1 is 1.00 bits per heavy atom. The molecule has 0 bridgehead atoms. The number of esters is 1. The predicted octanol–water partition coefficient (Wildman–Crippen LogP) is 4.94. The molecule has 26 heavy (non-hydrogen) atoms. The first kappa shape index (κ1) is 19.5. The lowest BCUT2D eigenvalue weighted by Gasteiger charge is -2.15. The Morgan fingerprint density at radius 2 is 1.54 bits per heavy atom. The third-order valence-electron chi connectivity index (χ3n) is 4.21. The zero-order chi connectivity index (χ0) is 18.8. The fraction of sp³-hybridized carbons (Fsp3) is 0.261. The van der Waals surface area contributed by atoms with E-state index in [1.54, 1.807) is 0 Å². The van der Waals surface area contributed by atoms with E-state index in [0.717, 1.165) is 24.0 Å². The Bertz CT molecular complexity index is 707. The molecule has 0 aliphatic rings. The molecule has 0 amide bonds. The normalized spacial score (nSPS) is 11.9. The molecule has 2 aromatic carbocycles. The summed E-state index contributed by atoms with van der Waals surface area (Å²) in [7, 11) is 0. The quantitative estimate of drug-likeness (QED) is 0.417. The van der Waals surface area contributed by atoms with Crippen molar-refractivity contribution in [2.24, 2.45) is 11.7 Å². The van der Waals surface area contributed by atoms with E-state index >= 15 is 0 Å². The summed E-state index contributed by atoms with van der Waals surface area (Å²) in [6.07, 6.45) is 6.08. The molecule has 1 unspecified atom stereocenters. The number of carbonyl (C=O) groups is 1. The lowest BCUT2D eigenvalue weighted by Crippen LogP contribution is -2.20. The highest BCUT2D eigenvalue weighted by Crippen LogP contribution is 2.25. The van der Waals surface area contributed by atoms with Crippen molar-refractivity contribution in [1.29, 1.82) is 0 Å². The van der Waals surface area contributed by atoms with Crippen molar-refractivity contribution in [1.82, 2.24) is 0 Å². The van der Waals surface area contributed by atoms with Crippen molar-refractivity contribution in [3.8, 4) is 0 Å². The molecule has 0 fully saturated rings. The largest absolute Gasteiger partial charge is 0.460 e. The molecule has 1 atom stereocenters. The molecule has 0 aromatic heterocycles. The van der Waals surface area contributed by atoms with Crippen LogP contribution >= 0.6 is 0 Å². The number of allylic oxidation sites excluding steroid dienone is 1. The first-order valence-electron chi connectivity index (χ1n) is 9.11. The van der Waals surface area contributed by atoms with Gasteiger partial charge in [0.05, 0.1) is 6.61 Å². The lowest BCUT2D eigenvalue weighted by molar-refractivity contribution is -0.139. The fourth-order valence-corrected chi connectivity index (χ4v) is 2.69. The molecule has 0 aliphatic heterocycles. The van der Waals surface area contributed by atoms with E-state index in [1.807, 2.05) is 60.7 Å². The molecule has 0 spiro atoms. The van der Waals surface area contributed by atoms with Crippen LogP contribution in [0.3, 0.4) is 0 Å². The Morgan fingerprint density at radius 3 is 2.00 bits per heavy atom. The Hall–Kier alpha value is -2.81. The number of hydrogen-bond donors (Lipinski definition) is 1. The maximum Gasteiger partial charge on any atom is 0.354 e. The van der Waals surface area contributed by atoms with Crippen molar-refractivity contribution in [2.45, 2.75) is 26.7 Å². The summed E-state index contributed by atoms with van der Waals surface area (Å²) in [6.45, 7) is 4.50. The molecule has 0 aliphatic carbocycles. The van der Waals surface area contributed by atoms with Crippen LogP contribution in [0.2, 0.25) is 0 Å². The van der Waals surface area contributed by atoms with E-state index in [0.29, 0.717) is 12.2 Å². The van der Waals surface area contributed by atoms with E-state index in [2.05, 4.69) is 26.0 Å². The van der Waals surface area contributed by atoms with Gasteiger partial charge in [-0.3, -0.25) is 0 Å². The number of ether oxygens (including phenoxy) is 1. The lowest BCUT2D eigenvalue weighted by atomic mass is 9.96. The van der Waals surface area contributed by atoms with Crippen LogP contribution in [0.25, 0.3) is 5.57 Å². The van der Waals surface area contributed by atoms with Crippen molar-refractivity contribution < 1.29 is 9.53 Å². The van der Waals surface area contributed by atoms with Gasteiger partial charge in [-0.05, 0) is 24.0 Å². The van der Waals surface area contributed by atoms with Crippen LogP contribution < -0.4 is 5.73 Å². The number of carbonyl (C=O) groups excluding carboxylic acids is 1. The van der Waals surface area contributed by atoms with Gasteiger partial charge in [-0.15, -0.1) is 0 Å². The minimum absolute atomic E-state index is 0.136. The molecule has 2 rings (SSSR count). The molecular weight excluding hydrogens is 322 g/mol. The zero-order valence-corrected chi connectivity index (χ0v) is 15.5. The highest BCUT2D eigenvalue weighted by atomic mass is 16.5. The summed E-state index contributed by atoms with van der Waals surface area (Å²) < 4.78 is 5.50. The fourth-order valence-electron chi connectivity index (χ4n) is 2.69. The summed E-state index contributed by atoms with van der Waals surface area (Å²) in [5.74, 6) is -0.264. The highest BCUT2D eigenvalue weighted by molar-refractivity contribution is 6.00. The molecule has 136 valence electrons. The summed E-state index contributed by atoms with van der Waals surface area (Å²) in [5.41, 5.74) is 8.87. The molecule has 0 saturated carbocycles. The van der Waals surface area contributed by atoms with Crippen LogP contribution in [-0.4, -0.2) is 12.6 Å². The highest BCUT2D eigenvalue weighted by Gasteiger charge is 2.17. The van der Waals surface area contributed by atoms with Gasteiger partial charge in [-0.2, -0.15) is 0 Å². The Labute approximate surface area is 156 Å². The van der Waals surface area contributed by atoms with Gasteiger partial charge in [-0.1, -0.05) is 86.7 Å². The van der Waals surface area contributed by atoms with Crippen LogP contribution in [0.5, 0.6) is 0 Å². The van der Waals surface area contributed by atoms with Gasteiger partial charge < -0.3 is 10.5 Å². The Balaban J connectivity index is 2.28. The van der Waals surface area contributed by atoms with E-state index in [9.17, 15) is 4.79 Å². The Kier molecular flexibility index (Phi) is 7.69. The third-order valence-corrected chi connectivity index (χ3v) is 4.21. The van der Waals surface area contributed by atoms with Gasteiger partial charge in [0.25, 0.3) is 0 Å². The monoisotopic (exact) mass is 349 g/mol. The third kappa shape index (κ3) is 5.35. The molecule has 0 heterocycles. The molecule has 2 aromatic rings. The summed E-state index contributed by atoms with van der Waals surface area (Å²) in [6, 6.07) is 19.4. The second-order valence-corrected chi connectivity index (χ2v) is 6.12. The number of nitrogens with two attached hydrogens (primary N) is 1. The average molecular weight is 349 g/mol. The summed E-state index contributed by atoms with van der Waals surface area (Å²) in [4.78, 5) is 12.6. The minimum atomic E-state index is -0.476. The van der Waals surface area contributed by atoms with Gasteiger partial charge in [0.2, 0.25) is 0 Å². The second kappa shape index (κ2) is 10.2. The number of benzene rings is 2. The topological polar surface area (TPSA) is 52.3 Å². The first-order chi connectivity index (χ1) is 12.7. The van der Waals surface area contributed by atoms with E-state index in [4.69, 9.17) is 10.5 Å². The molecule has 3 heteroatoms. The maximum atomic E-state index is 12.6. The molecule has 2 N–H and O–H groups in total. The van der Waals surface area contributed by atoms with Crippen LogP contribution in [0.1, 0.15) is 37.8 Å². The molecule has 0 radical (unpaired) electrons. The first-order valence-corrected chi connectivity index (χ1v) is 9.11. The summed E-state index contributed by atoms with van der Waals surface area (Å²) >= 11 is 0. The molecular formula is C23H27NO2. The summed E-state index contributed by atoms with van der Waals surface area (Å²) in [5, 5.41) is 0. The standard InChI is InChI=1S/C23H27NO2/c1-3-5-12-18(4-2)17-26-23(25)22(24)21(19-13-8-6-9-14-19)20-15-10-7-11-16-20/h5-16,18H,3-4,17,24H2,1-2H3/b12-5+. The molecule has 3 nitrogen and oxygen atoms in total.